The van der Waals surface area contributed by atoms with Gasteiger partial charge in [0, 0.05) is 12.5 Å². The molecule has 1 fully saturated rings. The van der Waals surface area contributed by atoms with E-state index in [1.165, 1.54) is 0 Å². The molecular weight excluding hydrogens is 221 g/mol. The normalized spacial score (nSPS) is 22.3. The molecule has 1 aromatic rings. The van der Waals surface area contributed by atoms with Gasteiger partial charge in [0.1, 0.15) is 12.2 Å². The smallest absolute Gasteiger partial charge is 0.316 e. The van der Waals surface area contributed by atoms with Crippen LogP contribution in [-0.2, 0) is 6.42 Å². The fourth-order valence-corrected chi connectivity index (χ4v) is 1.83. The van der Waals surface area contributed by atoms with Crippen molar-refractivity contribution in [2.75, 3.05) is 13.1 Å². The van der Waals surface area contributed by atoms with Gasteiger partial charge in [-0.15, -0.1) is 0 Å². The van der Waals surface area contributed by atoms with Crippen molar-refractivity contribution in [1.82, 2.24) is 20.5 Å². The maximum absolute atomic E-state index is 12.1. The Kier molecular flexibility index (Phi) is 3.13. The summed E-state index contributed by atoms with van der Waals surface area (Å²) in [5, 5.41) is 9.37. The van der Waals surface area contributed by atoms with Crippen LogP contribution in [0.15, 0.2) is 0 Å². The minimum Gasteiger partial charge on any atom is -0.316 e. The Morgan fingerprint density at radius 1 is 1.38 bits per heavy atom. The standard InChI is InChI=1S/C9H13F3N4/c10-9(11,12)4-7-14-8(16-15-7)6-2-1-3-13-5-6/h6,13H,1-5H2,(H,14,15,16). The third kappa shape index (κ3) is 2.94. The van der Waals surface area contributed by atoms with Crippen molar-refractivity contribution >= 4 is 0 Å². The largest absolute Gasteiger partial charge is 0.396 e. The number of piperidine rings is 1. The van der Waals surface area contributed by atoms with Crippen LogP contribution in [0.4, 0.5) is 13.2 Å². The van der Waals surface area contributed by atoms with Gasteiger partial charge in [-0.1, -0.05) is 0 Å². The van der Waals surface area contributed by atoms with Crippen molar-refractivity contribution in [2.24, 2.45) is 0 Å². The van der Waals surface area contributed by atoms with Crippen LogP contribution in [-0.4, -0.2) is 34.4 Å². The molecule has 1 aromatic heterocycles. The molecule has 0 bridgehead atoms. The number of aromatic nitrogens is 3. The Hall–Kier alpha value is -1.11. The van der Waals surface area contributed by atoms with Crippen molar-refractivity contribution in [1.29, 1.82) is 0 Å². The number of halogens is 3. The van der Waals surface area contributed by atoms with Gasteiger partial charge in [0.2, 0.25) is 0 Å². The predicted molar refractivity (Wildman–Crippen MR) is 51.0 cm³/mol. The summed E-state index contributed by atoms with van der Waals surface area (Å²) in [6.07, 6.45) is -3.34. The number of alkyl halides is 3. The molecule has 16 heavy (non-hydrogen) atoms. The minimum atomic E-state index is -4.23. The van der Waals surface area contributed by atoms with E-state index in [1.807, 2.05) is 0 Å². The van der Waals surface area contributed by atoms with Crippen molar-refractivity contribution < 1.29 is 13.2 Å². The van der Waals surface area contributed by atoms with Crippen LogP contribution >= 0.6 is 0 Å². The highest BCUT2D eigenvalue weighted by Crippen LogP contribution is 2.22. The van der Waals surface area contributed by atoms with E-state index in [-0.39, 0.29) is 11.7 Å². The van der Waals surface area contributed by atoms with Gasteiger partial charge < -0.3 is 5.32 Å². The molecule has 2 N–H and O–H groups in total. The van der Waals surface area contributed by atoms with Gasteiger partial charge in [-0.2, -0.15) is 18.3 Å². The Balaban J connectivity index is 2.01. The highest BCUT2D eigenvalue weighted by atomic mass is 19.4. The van der Waals surface area contributed by atoms with Crippen molar-refractivity contribution in [3.63, 3.8) is 0 Å². The maximum atomic E-state index is 12.1. The fraction of sp³-hybridized carbons (Fsp3) is 0.778. The van der Waals surface area contributed by atoms with E-state index in [2.05, 4.69) is 20.5 Å². The van der Waals surface area contributed by atoms with Crippen LogP contribution in [0.25, 0.3) is 0 Å². The molecule has 0 spiro atoms. The molecule has 1 saturated heterocycles. The highest BCUT2D eigenvalue weighted by Gasteiger charge is 2.30. The first-order valence-corrected chi connectivity index (χ1v) is 5.23. The zero-order valence-corrected chi connectivity index (χ0v) is 8.64. The van der Waals surface area contributed by atoms with Gasteiger partial charge in [-0.05, 0) is 19.4 Å². The Morgan fingerprint density at radius 3 is 2.81 bits per heavy atom. The van der Waals surface area contributed by atoms with E-state index in [0.29, 0.717) is 5.82 Å². The molecule has 1 atom stereocenters. The maximum Gasteiger partial charge on any atom is 0.396 e. The quantitative estimate of drug-likeness (QED) is 0.812. The monoisotopic (exact) mass is 234 g/mol. The van der Waals surface area contributed by atoms with Crippen LogP contribution in [0.2, 0.25) is 0 Å². The molecule has 0 amide bonds. The summed E-state index contributed by atoms with van der Waals surface area (Å²) in [6.45, 7) is 1.69. The van der Waals surface area contributed by atoms with Gasteiger partial charge in [-0.25, -0.2) is 4.98 Å². The van der Waals surface area contributed by atoms with E-state index >= 15 is 0 Å². The predicted octanol–water partition coefficient (Wildman–Crippen LogP) is 1.38. The summed E-state index contributed by atoms with van der Waals surface area (Å²) in [7, 11) is 0. The first-order chi connectivity index (χ1) is 7.54. The van der Waals surface area contributed by atoms with Crippen molar-refractivity contribution in [3.8, 4) is 0 Å². The molecule has 90 valence electrons. The average molecular weight is 234 g/mol. The summed E-state index contributed by atoms with van der Waals surface area (Å²) < 4.78 is 36.3. The summed E-state index contributed by atoms with van der Waals surface area (Å²) in [5.74, 6) is 0.520. The minimum absolute atomic E-state index is 0.104. The molecule has 0 aliphatic carbocycles. The van der Waals surface area contributed by atoms with Crippen LogP contribution in [0.5, 0.6) is 0 Å². The molecule has 1 aliphatic heterocycles. The van der Waals surface area contributed by atoms with Crippen molar-refractivity contribution in [3.05, 3.63) is 11.6 Å². The number of nitrogens with one attached hydrogen (secondary N) is 2. The number of hydrogen-bond donors (Lipinski definition) is 2. The van der Waals surface area contributed by atoms with Gasteiger partial charge in [0.15, 0.2) is 5.82 Å². The first-order valence-electron chi connectivity index (χ1n) is 5.23. The van der Waals surface area contributed by atoms with Crippen LogP contribution < -0.4 is 5.32 Å². The van der Waals surface area contributed by atoms with E-state index < -0.39 is 12.6 Å². The molecule has 1 aliphatic rings. The van der Waals surface area contributed by atoms with E-state index in [9.17, 15) is 13.2 Å². The zero-order valence-electron chi connectivity index (χ0n) is 8.64. The summed E-state index contributed by atoms with van der Waals surface area (Å²) in [4.78, 5) is 3.89. The van der Waals surface area contributed by atoms with E-state index in [1.54, 1.807) is 0 Å². The lowest BCUT2D eigenvalue weighted by Gasteiger charge is -2.19. The zero-order chi connectivity index (χ0) is 11.6. The van der Waals surface area contributed by atoms with Gasteiger partial charge in [0.25, 0.3) is 0 Å². The Morgan fingerprint density at radius 2 is 2.19 bits per heavy atom. The second-order valence-electron chi connectivity index (χ2n) is 3.98. The molecule has 0 aromatic carbocycles. The Labute approximate surface area is 90.6 Å². The molecule has 1 unspecified atom stereocenters. The van der Waals surface area contributed by atoms with Crippen molar-refractivity contribution in [2.45, 2.75) is 31.4 Å². The number of H-pyrrole nitrogens is 1. The SMILES string of the molecule is FC(F)(F)Cc1nc(C2CCCNC2)n[nH]1. The summed E-state index contributed by atoms with van der Waals surface area (Å²) in [6, 6.07) is 0. The third-order valence-corrected chi connectivity index (χ3v) is 2.58. The van der Waals surface area contributed by atoms with Crippen LogP contribution in [0, 0.1) is 0 Å². The molecule has 2 heterocycles. The number of aromatic amines is 1. The summed E-state index contributed by atoms with van der Waals surface area (Å²) >= 11 is 0. The molecular formula is C9H13F3N4. The van der Waals surface area contributed by atoms with Crippen LogP contribution in [0.1, 0.15) is 30.4 Å². The number of rotatable bonds is 2. The molecule has 2 rings (SSSR count). The van der Waals surface area contributed by atoms with E-state index in [0.717, 1.165) is 25.9 Å². The topological polar surface area (TPSA) is 53.6 Å². The third-order valence-electron chi connectivity index (χ3n) is 2.58. The van der Waals surface area contributed by atoms with Gasteiger partial charge in [0.05, 0.1) is 0 Å². The Bertz CT molecular complexity index is 341. The average Bonchev–Trinajstić information content (AvgIpc) is 2.65. The lowest BCUT2D eigenvalue weighted by molar-refractivity contribution is -0.128. The number of hydrogen-bond acceptors (Lipinski definition) is 3. The van der Waals surface area contributed by atoms with Gasteiger partial charge in [-0.3, -0.25) is 5.10 Å². The highest BCUT2D eigenvalue weighted by molar-refractivity contribution is 5.01. The lowest BCUT2D eigenvalue weighted by Crippen LogP contribution is -2.29. The fourth-order valence-electron chi connectivity index (χ4n) is 1.83. The second-order valence-corrected chi connectivity index (χ2v) is 3.98. The van der Waals surface area contributed by atoms with E-state index in [4.69, 9.17) is 0 Å². The molecule has 0 radical (unpaired) electrons. The molecule has 4 nitrogen and oxygen atoms in total. The first kappa shape index (κ1) is 11.4. The molecule has 0 saturated carbocycles. The lowest BCUT2D eigenvalue weighted by atomic mass is 9.99. The summed E-state index contributed by atoms with van der Waals surface area (Å²) in [5.41, 5.74) is 0. The second kappa shape index (κ2) is 4.40. The van der Waals surface area contributed by atoms with Crippen LogP contribution in [0.3, 0.4) is 0 Å². The van der Waals surface area contributed by atoms with Gasteiger partial charge >= 0.3 is 6.18 Å². The number of nitrogens with zero attached hydrogens (tertiary/aromatic N) is 2. The molecule has 7 heteroatoms.